The zero-order valence-electron chi connectivity index (χ0n) is 11.7. The summed E-state index contributed by atoms with van der Waals surface area (Å²) < 4.78 is 1.39. The van der Waals surface area contributed by atoms with Gasteiger partial charge in [-0.3, -0.25) is 0 Å². The second-order valence-electron chi connectivity index (χ2n) is 5.80. The van der Waals surface area contributed by atoms with Gasteiger partial charge in [-0.2, -0.15) is 0 Å². The summed E-state index contributed by atoms with van der Waals surface area (Å²) >= 11 is 1.82. The molecule has 1 aliphatic carbocycles. The highest BCUT2D eigenvalue weighted by molar-refractivity contribution is 7.17. The van der Waals surface area contributed by atoms with Crippen molar-refractivity contribution >= 4 is 27.1 Å². The number of rotatable bonds is 3. The first-order chi connectivity index (χ1) is 9.35. The molecule has 1 fully saturated rings. The fourth-order valence-electron chi connectivity index (χ4n) is 3.22. The Morgan fingerprint density at radius 3 is 3.00 bits per heavy atom. The number of fused-ring (bicyclic) bond motifs is 1. The van der Waals surface area contributed by atoms with Gasteiger partial charge < -0.3 is 5.32 Å². The van der Waals surface area contributed by atoms with E-state index in [0.717, 1.165) is 5.92 Å². The van der Waals surface area contributed by atoms with E-state index in [0.29, 0.717) is 6.04 Å². The molecule has 3 rings (SSSR count). The zero-order chi connectivity index (χ0) is 13.1. The van der Waals surface area contributed by atoms with E-state index >= 15 is 0 Å². The minimum Gasteiger partial charge on any atom is -0.382 e. The van der Waals surface area contributed by atoms with Gasteiger partial charge in [-0.1, -0.05) is 26.2 Å². The first-order valence-electron chi connectivity index (χ1n) is 7.59. The number of hydrogen-bond donors (Lipinski definition) is 1. The first kappa shape index (κ1) is 13.0. The quantitative estimate of drug-likeness (QED) is 0.710. The van der Waals surface area contributed by atoms with Gasteiger partial charge in [-0.25, -0.2) is 0 Å². The Morgan fingerprint density at radius 2 is 2.11 bits per heavy atom. The van der Waals surface area contributed by atoms with Crippen LogP contribution in [-0.4, -0.2) is 6.04 Å². The molecule has 1 N–H and O–H groups in total. The van der Waals surface area contributed by atoms with Crippen molar-refractivity contribution in [3.8, 4) is 0 Å². The molecular weight excluding hydrogens is 250 g/mol. The minimum atomic E-state index is 0.674. The Labute approximate surface area is 120 Å². The number of nitrogens with one attached hydrogen (secondary N) is 1. The van der Waals surface area contributed by atoms with Crippen LogP contribution in [0.25, 0.3) is 10.1 Å². The molecule has 1 nitrogen and oxygen atoms in total. The lowest BCUT2D eigenvalue weighted by Crippen LogP contribution is -2.18. The second kappa shape index (κ2) is 5.96. The van der Waals surface area contributed by atoms with Crippen LogP contribution in [-0.2, 0) is 0 Å². The number of thiophene rings is 1. The van der Waals surface area contributed by atoms with Crippen LogP contribution in [0.5, 0.6) is 0 Å². The number of anilines is 1. The van der Waals surface area contributed by atoms with Crippen LogP contribution in [0.4, 0.5) is 5.69 Å². The van der Waals surface area contributed by atoms with Crippen LogP contribution in [0.15, 0.2) is 29.6 Å². The van der Waals surface area contributed by atoms with E-state index in [2.05, 4.69) is 41.9 Å². The summed E-state index contributed by atoms with van der Waals surface area (Å²) in [5.41, 5.74) is 1.30. The number of hydrogen-bond acceptors (Lipinski definition) is 2. The van der Waals surface area contributed by atoms with Crippen molar-refractivity contribution in [1.82, 2.24) is 0 Å². The Morgan fingerprint density at radius 1 is 1.16 bits per heavy atom. The lowest BCUT2D eigenvalue weighted by molar-refractivity contribution is 0.444. The minimum absolute atomic E-state index is 0.674. The molecule has 1 saturated carbocycles. The molecule has 0 amide bonds. The van der Waals surface area contributed by atoms with Crippen LogP contribution < -0.4 is 5.32 Å². The molecule has 0 spiro atoms. The highest BCUT2D eigenvalue weighted by Gasteiger charge is 2.17. The van der Waals surface area contributed by atoms with Crippen LogP contribution in [0, 0.1) is 5.92 Å². The van der Waals surface area contributed by atoms with Crippen molar-refractivity contribution in [2.75, 3.05) is 5.32 Å². The lowest BCUT2D eigenvalue weighted by atomic mass is 9.98. The maximum Gasteiger partial charge on any atom is 0.0349 e. The summed E-state index contributed by atoms with van der Waals surface area (Å²) in [4.78, 5) is 0. The fourth-order valence-corrected chi connectivity index (χ4v) is 3.99. The van der Waals surface area contributed by atoms with Gasteiger partial charge in [0.2, 0.25) is 0 Å². The largest absolute Gasteiger partial charge is 0.382 e. The van der Waals surface area contributed by atoms with Gasteiger partial charge in [0.05, 0.1) is 0 Å². The number of benzene rings is 1. The highest BCUT2D eigenvalue weighted by Crippen LogP contribution is 2.29. The molecule has 1 aliphatic rings. The average Bonchev–Trinajstić information content (AvgIpc) is 2.77. The summed E-state index contributed by atoms with van der Waals surface area (Å²) in [6.07, 6.45) is 8.23. The Hall–Kier alpha value is -1.02. The van der Waals surface area contributed by atoms with Crippen molar-refractivity contribution in [3.05, 3.63) is 29.6 Å². The van der Waals surface area contributed by atoms with Crippen molar-refractivity contribution in [1.29, 1.82) is 0 Å². The third kappa shape index (κ3) is 3.11. The van der Waals surface area contributed by atoms with Crippen LogP contribution in [0.3, 0.4) is 0 Å². The maximum atomic E-state index is 3.75. The molecule has 0 bridgehead atoms. The van der Waals surface area contributed by atoms with Crippen molar-refractivity contribution < 1.29 is 0 Å². The molecule has 0 saturated heterocycles. The van der Waals surface area contributed by atoms with E-state index in [-0.39, 0.29) is 0 Å². The van der Waals surface area contributed by atoms with Gasteiger partial charge >= 0.3 is 0 Å². The molecule has 19 heavy (non-hydrogen) atoms. The predicted octanol–water partition coefficient (Wildman–Crippen LogP) is 5.67. The summed E-state index contributed by atoms with van der Waals surface area (Å²) in [6.45, 7) is 2.34. The van der Waals surface area contributed by atoms with Crippen molar-refractivity contribution in [2.45, 2.75) is 51.5 Å². The second-order valence-corrected chi connectivity index (χ2v) is 6.74. The van der Waals surface area contributed by atoms with Crippen LogP contribution in [0.2, 0.25) is 0 Å². The first-order valence-corrected chi connectivity index (χ1v) is 8.47. The molecule has 102 valence electrons. The topological polar surface area (TPSA) is 12.0 Å². The Balaban J connectivity index is 1.66. The smallest absolute Gasteiger partial charge is 0.0349 e. The third-order valence-corrected chi connectivity index (χ3v) is 5.39. The molecule has 0 aliphatic heterocycles. The standard InChI is InChI=1S/C17H23NS/c1-2-13-4-3-5-15(7-6-13)18-16-8-9-17-14(12-16)10-11-19-17/h8-13,15,18H,2-7H2,1H3. The van der Waals surface area contributed by atoms with E-state index in [4.69, 9.17) is 0 Å². The summed E-state index contributed by atoms with van der Waals surface area (Å²) in [6, 6.07) is 9.67. The molecule has 1 aromatic heterocycles. The monoisotopic (exact) mass is 273 g/mol. The maximum absolute atomic E-state index is 3.75. The zero-order valence-corrected chi connectivity index (χ0v) is 12.5. The van der Waals surface area contributed by atoms with Gasteiger partial charge in [-0.05, 0) is 60.2 Å². The molecule has 1 aromatic carbocycles. The molecule has 2 heteroatoms. The molecule has 0 radical (unpaired) electrons. The van der Waals surface area contributed by atoms with E-state index < -0.39 is 0 Å². The van der Waals surface area contributed by atoms with Crippen molar-refractivity contribution in [2.24, 2.45) is 5.92 Å². The van der Waals surface area contributed by atoms with Gasteiger partial charge in [0.1, 0.15) is 0 Å². The van der Waals surface area contributed by atoms with Crippen molar-refractivity contribution in [3.63, 3.8) is 0 Å². The molecule has 2 aromatic rings. The Bertz CT molecular complexity index is 531. The van der Waals surface area contributed by atoms with E-state index in [9.17, 15) is 0 Å². The van der Waals surface area contributed by atoms with Gasteiger partial charge in [-0.15, -0.1) is 11.3 Å². The molecule has 2 unspecified atom stereocenters. The third-order valence-electron chi connectivity index (χ3n) is 4.49. The fraction of sp³-hybridized carbons (Fsp3) is 0.529. The molecule has 2 atom stereocenters. The average molecular weight is 273 g/mol. The molecular formula is C17H23NS. The van der Waals surface area contributed by atoms with E-state index in [1.165, 1.54) is 54.3 Å². The van der Waals surface area contributed by atoms with E-state index in [1.54, 1.807) is 0 Å². The SMILES string of the molecule is CCC1CCCC(Nc2ccc3sccc3c2)CC1. The van der Waals surface area contributed by atoms with Crippen LogP contribution in [0.1, 0.15) is 45.4 Å². The summed E-state index contributed by atoms with van der Waals surface area (Å²) in [5.74, 6) is 0.964. The Kier molecular flexibility index (Phi) is 4.07. The van der Waals surface area contributed by atoms with Gasteiger partial charge in [0, 0.05) is 16.4 Å². The van der Waals surface area contributed by atoms with E-state index in [1.807, 2.05) is 11.3 Å². The predicted molar refractivity (Wildman–Crippen MR) is 86.1 cm³/mol. The normalized spacial score (nSPS) is 24.3. The highest BCUT2D eigenvalue weighted by atomic mass is 32.1. The van der Waals surface area contributed by atoms with Gasteiger partial charge in [0.25, 0.3) is 0 Å². The lowest BCUT2D eigenvalue weighted by Gasteiger charge is -2.18. The molecule has 1 heterocycles. The summed E-state index contributed by atoms with van der Waals surface area (Å²) in [7, 11) is 0. The van der Waals surface area contributed by atoms with Gasteiger partial charge in [0.15, 0.2) is 0 Å². The van der Waals surface area contributed by atoms with Crippen LogP contribution >= 0.6 is 11.3 Å². The summed E-state index contributed by atoms with van der Waals surface area (Å²) in [5, 5.41) is 7.30.